The van der Waals surface area contributed by atoms with Crippen molar-refractivity contribution in [3.05, 3.63) is 35.9 Å². The van der Waals surface area contributed by atoms with E-state index in [1.54, 1.807) is 0 Å². The summed E-state index contributed by atoms with van der Waals surface area (Å²) in [6, 6.07) is 10.2. The van der Waals surface area contributed by atoms with E-state index in [0.717, 1.165) is 6.42 Å². The van der Waals surface area contributed by atoms with Gasteiger partial charge in [-0.05, 0) is 12.0 Å². The van der Waals surface area contributed by atoms with Crippen molar-refractivity contribution >= 4 is 6.09 Å². The number of ether oxygens (including phenoxy) is 1. The zero-order valence-electron chi connectivity index (χ0n) is 9.19. The van der Waals surface area contributed by atoms with Gasteiger partial charge in [0.25, 0.3) is 0 Å². The van der Waals surface area contributed by atoms with Gasteiger partial charge in [0.1, 0.15) is 6.61 Å². The van der Waals surface area contributed by atoms with Crippen LogP contribution in [0.4, 0.5) is 4.79 Å². The van der Waals surface area contributed by atoms with Crippen LogP contribution in [0.15, 0.2) is 30.3 Å². The van der Waals surface area contributed by atoms with Crippen LogP contribution < -0.4 is 5.32 Å². The summed E-state index contributed by atoms with van der Waals surface area (Å²) in [6.07, 6.45) is 0.535. The van der Waals surface area contributed by atoms with Gasteiger partial charge in [0, 0.05) is 0 Å². The normalized spacial score (nSPS) is 18.5. The molecule has 3 nitrogen and oxygen atoms in total. The SMILES string of the molecule is CC.O=C1N[C@@H](Cc2ccccc2)CO1. The van der Waals surface area contributed by atoms with Crippen molar-refractivity contribution in [1.29, 1.82) is 0 Å². The number of amides is 1. The van der Waals surface area contributed by atoms with E-state index in [4.69, 9.17) is 4.74 Å². The number of alkyl carbamates (subject to hydrolysis) is 1. The van der Waals surface area contributed by atoms with Gasteiger partial charge >= 0.3 is 6.09 Å². The lowest BCUT2D eigenvalue weighted by Crippen LogP contribution is -2.28. The van der Waals surface area contributed by atoms with Crippen LogP contribution >= 0.6 is 0 Å². The minimum absolute atomic E-state index is 0.134. The molecule has 1 aliphatic rings. The van der Waals surface area contributed by atoms with Gasteiger partial charge in [0.05, 0.1) is 6.04 Å². The lowest BCUT2D eigenvalue weighted by Gasteiger charge is -2.05. The van der Waals surface area contributed by atoms with Crippen molar-refractivity contribution < 1.29 is 9.53 Å². The highest BCUT2D eigenvalue weighted by molar-refractivity contribution is 5.69. The van der Waals surface area contributed by atoms with E-state index in [0.29, 0.717) is 6.61 Å². The Labute approximate surface area is 90.4 Å². The molecule has 1 heterocycles. The highest BCUT2D eigenvalue weighted by atomic mass is 16.6. The molecule has 82 valence electrons. The van der Waals surface area contributed by atoms with E-state index in [-0.39, 0.29) is 12.1 Å². The van der Waals surface area contributed by atoms with Crippen molar-refractivity contribution in [2.45, 2.75) is 26.3 Å². The Morgan fingerprint density at radius 3 is 2.53 bits per heavy atom. The van der Waals surface area contributed by atoms with Crippen molar-refractivity contribution in [1.82, 2.24) is 5.32 Å². The summed E-state index contributed by atoms with van der Waals surface area (Å²) >= 11 is 0. The summed E-state index contributed by atoms with van der Waals surface area (Å²) in [4.78, 5) is 10.7. The number of nitrogens with one attached hydrogen (secondary N) is 1. The van der Waals surface area contributed by atoms with Gasteiger partial charge in [0.2, 0.25) is 0 Å². The summed E-state index contributed by atoms with van der Waals surface area (Å²) in [5, 5.41) is 2.74. The molecule has 0 saturated carbocycles. The molecule has 0 aliphatic carbocycles. The molecule has 1 fully saturated rings. The van der Waals surface area contributed by atoms with Gasteiger partial charge in [-0.3, -0.25) is 0 Å². The molecule has 1 amide bonds. The maximum atomic E-state index is 10.7. The molecule has 15 heavy (non-hydrogen) atoms. The maximum Gasteiger partial charge on any atom is 0.407 e. The van der Waals surface area contributed by atoms with E-state index < -0.39 is 0 Å². The summed E-state index contributed by atoms with van der Waals surface area (Å²) < 4.78 is 4.79. The van der Waals surface area contributed by atoms with Gasteiger partial charge in [-0.2, -0.15) is 0 Å². The summed E-state index contributed by atoms with van der Waals surface area (Å²) in [7, 11) is 0. The van der Waals surface area contributed by atoms with Gasteiger partial charge in [-0.1, -0.05) is 44.2 Å². The fourth-order valence-corrected chi connectivity index (χ4v) is 1.43. The fourth-order valence-electron chi connectivity index (χ4n) is 1.43. The van der Waals surface area contributed by atoms with Crippen LogP contribution in [-0.4, -0.2) is 18.7 Å². The van der Waals surface area contributed by atoms with Gasteiger partial charge in [-0.25, -0.2) is 4.79 Å². The summed E-state index contributed by atoms with van der Waals surface area (Å²) in [5.41, 5.74) is 1.22. The Morgan fingerprint density at radius 1 is 1.33 bits per heavy atom. The van der Waals surface area contributed by atoms with Gasteiger partial charge in [0.15, 0.2) is 0 Å². The standard InChI is InChI=1S/C10H11NO2.C2H6/c12-10-11-9(7-13-10)6-8-4-2-1-3-5-8;1-2/h1-5,9H,6-7H2,(H,11,12);1-2H3/t9-;/m0./s1. The van der Waals surface area contributed by atoms with Crippen LogP contribution in [0.3, 0.4) is 0 Å². The molecule has 1 saturated heterocycles. The van der Waals surface area contributed by atoms with Crippen LogP contribution in [0.2, 0.25) is 0 Å². The van der Waals surface area contributed by atoms with Crippen molar-refractivity contribution in [3.63, 3.8) is 0 Å². The average Bonchev–Trinajstić information content (AvgIpc) is 2.68. The largest absolute Gasteiger partial charge is 0.447 e. The molecule has 0 radical (unpaired) electrons. The number of hydrogen-bond acceptors (Lipinski definition) is 2. The number of benzene rings is 1. The molecule has 0 spiro atoms. The van der Waals surface area contributed by atoms with Gasteiger partial charge < -0.3 is 10.1 Å². The van der Waals surface area contributed by atoms with Crippen molar-refractivity contribution in [2.24, 2.45) is 0 Å². The molecule has 0 bridgehead atoms. The molecular weight excluding hydrogens is 190 g/mol. The molecule has 0 unspecified atom stereocenters. The molecule has 1 aromatic rings. The van der Waals surface area contributed by atoms with Crippen molar-refractivity contribution in [3.8, 4) is 0 Å². The van der Waals surface area contributed by atoms with E-state index in [2.05, 4.69) is 5.32 Å². The predicted octanol–water partition coefficient (Wildman–Crippen LogP) is 2.36. The van der Waals surface area contributed by atoms with Gasteiger partial charge in [-0.15, -0.1) is 0 Å². The third kappa shape index (κ3) is 3.62. The lowest BCUT2D eigenvalue weighted by atomic mass is 10.1. The van der Waals surface area contributed by atoms with E-state index in [1.165, 1.54) is 5.56 Å². The summed E-state index contributed by atoms with van der Waals surface area (Å²) in [5.74, 6) is 0. The zero-order valence-corrected chi connectivity index (χ0v) is 9.19. The number of rotatable bonds is 2. The third-order valence-electron chi connectivity index (χ3n) is 2.06. The number of carbonyl (C=O) groups excluding carboxylic acids is 1. The number of hydrogen-bond donors (Lipinski definition) is 1. The smallest absolute Gasteiger partial charge is 0.407 e. The predicted molar refractivity (Wildman–Crippen MR) is 59.8 cm³/mol. The second-order valence-corrected chi connectivity index (χ2v) is 3.13. The van der Waals surface area contributed by atoms with E-state index >= 15 is 0 Å². The average molecular weight is 207 g/mol. The minimum Gasteiger partial charge on any atom is -0.447 e. The second kappa shape index (κ2) is 6.06. The van der Waals surface area contributed by atoms with E-state index in [1.807, 2.05) is 44.2 Å². The Balaban J connectivity index is 0.000000531. The molecule has 3 heteroatoms. The fraction of sp³-hybridized carbons (Fsp3) is 0.417. The van der Waals surface area contributed by atoms with E-state index in [9.17, 15) is 4.79 Å². The molecule has 1 N–H and O–H groups in total. The Hall–Kier alpha value is -1.51. The van der Waals surface area contributed by atoms with Crippen LogP contribution in [0.1, 0.15) is 19.4 Å². The topological polar surface area (TPSA) is 38.3 Å². The molecule has 1 atom stereocenters. The third-order valence-corrected chi connectivity index (χ3v) is 2.06. The minimum atomic E-state index is -0.305. The molecule has 2 rings (SSSR count). The molecular formula is C12H17NO2. The molecule has 1 aliphatic heterocycles. The first-order valence-electron chi connectivity index (χ1n) is 5.32. The Bertz CT molecular complexity index is 298. The zero-order chi connectivity index (χ0) is 11.1. The first kappa shape index (κ1) is 11.6. The number of carbonyl (C=O) groups is 1. The Kier molecular flexibility index (Phi) is 4.68. The van der Waals surface area contributed by atoms with Crippen LogP contribution in [0, 0.1) is 0 Å². The van der Waals surface area contributed by atoms with Crippen molar-refractivity contribution in [2.75, 3.05) is 6.61 Å². The van der Waals surface area contributed by atoms with Crippen LogP contribution in [0.5, 0.6) is 0 Å². The van der Waals surface area contributed by atoms with Crippen LogP contribution in [-0.2, 0) is 11.2 Å². The number of cyclic esters (lactones) is 1. The highest BCUT2D eigenvalue weighted by Gasteiger charge is 2.21. The molecule has 0 aromatic heterocycles. The summed E-state index contributed by atoms with van der Waals surface area (Å²) in [6.45, 7) is 4.48. The molecule has 1 aromatic carbocycles. The maximum absolute atomic E-state index is 10.7. The van der Waals surface area contributed by atoms with Crippen LogP contribution in [0.25, 0.3) is 0 Å². The monoisotopic (exact) mass is 207 g/mol. The highest BCUT2D eigenvalue weighted by Crippen LogP contribution is 2.06. The first-order valence-corrected chi connectivity index (χ1v) is 5.32. The Morgan fingerprint density at radius 2 is 2.00 bits per heavy atom. The lowest BCUT2D eigenvalue weighted by molar-refractivity contribution is 0.177. The quantitative estimate of drug-likeness (QED) is 0.808. The first-order chi connectivity index (χ1) is 7.34. The second-order valence-electron chi connectivity index (χ2n) is 3.13.